The van der Waals surface area contributed by atoms with E-state index in [1.807, 2.05) is 12.1 Å². The van der Waals surface area contributed by atoms with Crippen molar-refractivity contribution in [1.29, 1.82) is 0 Å². The van der Waals surface area contributed by atoms with Gasteiger partial charge in [0.1, 0.15) is 0 Å². The van der Waals surface area contributed by atoms with Gasteiger partial charge in [-0.2, -0.15) is 0 Å². The molecular weight excluding hydrogens is 512 g/mol. The van der Waals surface area contributed by atoms with Crippen molar-refractivity contribution in [3.63, 3.8) is 0 Å². The van der Waals surface area contributed by atoms with E-state index in [1.165, 1.54) is 5.56 Å². The van der Waals surface area contributed by atoms with Crippen LogP contribution in [0.2, 0.25) is 5.02 Å². The van der Waals surface area contributed by atoms with Crippen LogP contribution in [0.5, 0.6) is 0 Å². The quantitative estimate of drug-likeness (QED) is 0.307. The van der Waals surface area contributed by atoms with Crippen LogP contribution in [0, 0.1) is 5.92 Å². The third-order valence-corrected chi connectivity index (χ3v) is 7.69. The van der Waals surface area contributed by atoms with Crippen LogP contribution in [0.3, 0.4) is 0 Å². The van der Waals surface area contributed by atoms with Gasteiger partial charge in [0.25, 0.3) is 5.91 Å². The summed E-state index contributed by atoms with van der Waals surface area (Å²) >= 11 is 5.94. The van der Waals surface area contributed by atoms with E-state index in [0.717, 1.165) is 57.5 Å². The summed E-state index contributed by atoms with van der Waals surface area (Å²) in [6.45, 7) is 2.98. The number of urea groups is 1. The minimum atomic E-state index is -0.391. The summed E-state index contributed by atoms with van der Waals surface area (Å²) in [6, 6.07) is 22.7. The fourth-order valence-electron chi connectivity index (χ4n) is 5.33. The van der Waals surface area contributed by atoms with E-state index in [1.54, 1.807) is 30.3 Å². The van der Waals surface area contributed by atoms with Crippen LogP contribution < -0.4 is 20.9 Å². The first-order chi connectivity index (χ1) is 19.0. The molecule has 0 saturated carbocycles. The third kappa shape index (κ3) is 7.52. The number of piperidine rings is 1. The number of rotatable bonds is 8. The fourth-order valence-corrected chi connectivity index (χ4v) is 5.46. The minimum Gasteiger partial charge on any atom is -0.376 e. The lowest BCUT2D eigenvalue weighted by Crippen LogP contribution is -2.37. The Kier molecular flexibility index (Phi) is 9.01. The van der Waals surface area contributed by atoms with Crippen molar-refractivity contribution in [2.24, 2.45) is 5.92 Å². The number of carbonyl (C=O) groups is 2. The Hall–Kier alpha value is -3.55. The number of nitrogens with zero attached hydrogens (tertiary/aromatic N) is 1. The lowest BCUT2D eigenvalue weighted by molar-refractivity contribution is 0.0858. The zero-order chi connectivity index (χ0) is 27.0. The van der Waals surface area contributed by atoms with E-state index in [4.69, 9.17) is 16.3 Å². The standard InChI is InChI=1S/C31H35ClN4O3/c32-24-8-10-25(11-9-24)34-31(38)35-26-12-13-29(28(20-26)30(37)33-21-27-7-4-18-39-27)36-16-14-23(15-17-36)19-22-5-2-1-3-6-22/h1-3,5-6,8-13,20,23,27H,4,7,14-19,21H2,(H,33,37)(H2,34,35,38)/t27-/m1/s1. The Morgan fingerprint density at radius 3 is 2.33 bits per heavy atom. The van der Waals surface area contributed by atoms with Crippen LogP contribution in [0.4, 0.5) is 21.9 Å². The van der Waals surface area contributed by atoms with Crippen LogP contribution in [-0.4, -0.2) is 44.3 Å². The van der Waals surface area contributed by atoms with Crippen LogP contribution in [0.15, 0.2) is 72.8 Å². The Morgan fingerprint density at radius 1 is 0.897 bits per heavy atom. The van der Waals surface area contributed by atoms with E-state index >= 15 is 0 Å². The van der Waals surface area contributed by atoms with Crippen molar-refractivity contribution in [3.8, 4) is 0 Å². The molecule has 2 saturated heterocycles. The highest BCUT2D eigenvalue weighted by molar-refractivity contribution is 6.30. The zero-order valence-corrected chi connectivity index (χ0v) is 22.8. The van der Waals surface area contributed by atoms with E-state index in [9.17, 15) is 9.59 Å². The molecule has 0 aromatic heterocycles. The summed E-state index contributed by atoms with van der Waals surface area (Å²) in [6.07, 6.45) is 5.23. The van der Waals surface area contributed by atoms with Crippen LogP contribution >= 0.6 is 11.6 Å². The molecule has 7 nitrogen and oxygen atoms in total. The van der Waals surface area contributed by atoms with Gasteiger partial charge in [-0.05, 0) is 86.1 Å². The number of benzene rings is 3. The lowest BCUT2D eigenvalue weighted by Gasteiger charge is -2.35. The molecule has 8 heteroatoms. The molecule has 2 aliphatic rings. The predicted molar refractivity (Wildman–Crippen MR) is 157 cm³/mol. The molecule has 0 spiro atoms. The average Bonchev–Trinajstić information content (AvgIpc) is 3.48. The molecule has 39 heavy (non-hydrogen) atoms. The second kappa shape index (κ2) is 13.0. The smallest absolute Gasteiger partial charge is 0.323 e. The van der Waals surface area contributed by atoms with Crippen LogP contribution in [-0.2, 0) is 11.2 Å². The van der Waals surface area contributed by atoms with Crippen molar-refractivity contribution >= 4 is 40.6 Å². The first-order valence-corrected chi connectivity index (χ1v) is 14.1. The summed E-state index contributed by atoms with van der Waals surface area (Å²) in [5.74, 6) is 0.464. The first kappa shape index (κ1) is 27.0. The molecule has 2 fully saturated rings. The minimum absolute atomic E-state index is 0.0533. The maximum atomic E-state index is 13.4. The Bertz CT molecular complexity index is 1250. The molecule has 3 aromatic rings. The second-order valence-corrected chi connectivity index (χ2v) is 10.7. The van der Waals surface area contributed by atoms with Gasteiger partial charge in [-0.1, -0.05) is 41.9 Å². The van der Waals surface area contributed by atoms with Crippen molar-refractivity contribution in [3.05, 3.63) is 88.9 Å². The van der Waals surface area contributed by atoms with Gasteiger partial charge in [-0.3, -0.25) is 4.79 Å². The highest BCUT2D eigenvalue weighted by atomic mass is 35.5. The van der Waals surface area contributed by atoms with Gasteiger partial charge in [0, 0.05) is 48.3 Å². The molecule has 2 aliphatic heterocycles. The molecule has 3 amide bonds. The van der Waals surface area contributed by atoms with Gasteiger partial charge in [-0.15, -0.1) is 0 Å². The third-order valence-electron chi connectivity index (χ3n) is 7.44. The largest absolute Gasteiger partial charge is 0.376 e. The van der Waals surface area contributed by atoms with Gasteiger partial charge < -0.3 is 25.6 Å². The van der Waals surface area contributed by atoms with Gasteiger partial charge in [0.05, 0.1) is 11.7 Å². The van der Waals surface area contributed by atoms with Gasteiger partial charge in [0.15, 0.2) is 0 Å². The monoisotopic (exact) mass is 546 g/mol. The van der Waals surface area contributed by atoms with Crippen LogP contribution in [0.1, 0.15) is 41.6 Å². The molecule has 0 bridgehead atoms. The normalized spacial score (nSPS) is 17.6. The second-order valence-electron chi connectivity index (χ2n) is 10.3. The summed E-state index contributed by atoms with van der Waals surface area (Å²) < 4.78 is 5.69. The highest BCUT2D eigenvalue weighted by Crippen LogP contribution is 2.30. The lowest BCUT2D eigenvalue weighted by atomic mass is 9.89. The van der Waals surface area contributed by atoms with E-state index < -0.39 is 6.03 Å². The summed E-state index contributed by atoms with van der Waals surface area (Å²) in [5.41, 5.74) is 3.99. The fraction of sp³-hybridized carbons (Fsp3) is 0.355. The number of anilines is 3. The summed E-state index contributed by atoms with van der Waals surface area (Å²) in [4.78, 5) is 28.3. The molecule has 204 valence electrons. The SMILES string of the molecule is O=C(Nc1ccc(Cl)cc1)Nc1ccc(N2CCC(Cc3ccccc3)CC2)c(C(=O)NC[C@H]2CCCO2)c1. The Morgan fingerprint density at radius 2 is 1.62 bits per heavy atom. The molecule has 2 heterocycles. The van der Waals surface area contributed by atoms with Crippen LogP contribution in [0.25, 0.3) is 0 Å². The number of amides is 3. The zero-order valence-electron chi connectivity index (χ0n) is 22.0. The van der Waals surface area contributed by atoms with E-state index in [-0.39, 0.29) is 12.0 Å². The first-order valence-electron chi connectivity index (χ1n) is 13.7. The van der Waals surface area contributed by atoms with Crippen molar-refractivity contribution in [2.45, 2.75) is 38.2 Å². The molecule has 5 rings (SSSR count). The molecule has 3 aromatic carbocycles. The molecule has 3 N–H and O–H groups in total. The number of nitrogens with one attached hydrogen (secondary N) is 3. The molecule has 0 radical (unpaired) electrons. The molecule has 1 atom stereocenters. The highest BCUT2D eigenvalue weighted by Gasteiger charge is 2.25. The van der Waals surface area contributed by atoms with E-state index in [2.05, 4.69) is 51.2 Å². The molecule has 0 aliphatic carbocycles. The van der Waals surface area contributed by atoms with E-state index in [0.29, 0.717) is 34.4 Å². The average molecular weight is 547 g/mol. The van der Waals surface area contributed by atoms with Gasteiger partial charge in [-0.25, -0.2) is 4.79 Å². The van der Waals surface area contributed by atoms with Crippen molar-refractivity contribution < 1.29 is 14.3 Å². The molecule has 0 unspecified atom stereocenters. The summed E-state index contributed by atoms with van der Waals surface area (Å²) in [7, 11) is 0. The maximum absolute atomic E-state index is 13.4. The maximum Gasteiger partial charge on any atom is 0.323 e. The Balaban J connectivity index is 1.27. The topological polar surface area (TPSA) is 82.7 Å². The van der Waals surface area contributed by atoms with Gasteiger partial charge in [0.2, 0.25) is 0 Å². The summed E-state index contributed by atoms with van der Waals surface area (Å²) in [5, 5.41) is 9.30. The predicted octanol–water partition coefficient (Wildman–Crippen LogP) is 6.35. The molecular formula is C31H35ClN4O3. The number of carbonyl (C=O) groups excluding carboxylic acids is 2. The number of ether oxygens (including phenoxy) is 1. The van der Waals surface area contributed by atoms with Crippen molar-refractivity contribution in [1.82, 2.24) is 5.32 Å². The Labute approximate surface area is 234 Å². The number of hydrogen-bond donors (Lipinski definition) is 3. The van der Waals surface area contributed by atoms with Crippen molar-refractivity contribution in [2.75, 3.05) is 41.8 Å². The van der Waals surface area contributed by atoms with Gasteiger partial charge >= 0.3 is 6.03 Å². The number of hydrogen-bond acceptors (Lipinski definition) is 4. The number of halogens is 1.